The van der Waals surface area contributed by atoms with Gasteiger partial charge in [-0.15, -0.1) is 0 Å². The van der Waals surface area contributed by atoms with Gasteiger partial charge in [-0.25, -0.2) is 0 Å². The highest BCUT2D eigenvalue weighted by Crippen LogP contribution is 2.36. The van der Waals surface area contributed by atoms with Crippen molar-refractivity contribution >= 4 is 11.9 Å². The third-order valence-corrected chi connectivity index (χ3v) is 3.03. The molecule has 0 N–H and O–H groups in total. The second kappa shape index (κ2) is 3.96. The van der Waals surface area contributed by atoms with Gasteiger partial charge in [-0.2, -0.15) is 0 Å². The summed E-state index contributed by atoms with van der Waals surface area (Å²) in [4.78, 5) is 0. The molecule has 2 rings (SSSR count). The molecule has 2 aliphatic rings. The van der Waals surface area contributed by atoms with Gasteiger partial charge in [0, 0.05) is 12.8 Å². The van der Waals surface area contributed by atoms with Crippen LogP contribution in [0.1, 0.15) is 25.7 Å². The number of rotatable bonds is 2. The van der Waals surface area contributed by atoms with E-state index in [0.717, 1.165) is 25.7 Å². The zero-order chi connectivity index (χ0) is 9.15. The van der Waals surface area contributed by atoms with Gasteiger partial charge in [0.05, 0.1) is 17.4 Å². The largest absolute Gasteiger partial charge is 0.693 e. The Labute approximate surface area is 81.2 Å². The van der Waals surface area contributed by atoms with Crippen molar-refractivity contribution in [3.8, 4) is 0 Å². The van der Waals surface area contributed by atoms with Crippen LogP contribution in [0.15, 0.2) is 0 Å². The van der Waals surface area contributed by atoms with E-state index < -0.39 is 0 Å². The number of ether oxygens (including phenoxy) is 2. The molecule has 5 heteroatoms. The van der Waals surface area contributed by atoms with Crippen molar-refractivity contribution in [2.24, 2.45) is 0 Å². The van der Waals surface area contributed by atoms with Crippen LogP contribution in [0.2, 0.25) is 0 Å². The van der Waals surface area contributed by atoms with Gasteiger partial charge in [-0.05, 0) is 12.8 Å². The van der Waals surface area contributed by atoms with Crippen LogP contribution in [-0.2, 0) is 29.8 Å². The van der Waals surface area contributed by atoms with E-state index in [1.165, 1.54) is 0 Å². The lowest BCUT2D eigenvalue weighted by atomic mass is 9.92. The summed E-state index contributed by atoms with van der Waals surface area (Å²) in [5.41, 5.74) is 0. The second-order valence-corrected chi connectivity index (χ2v) is 3.80. The summed E-state index contributed by atoms with van der Waals surface area (Å²) in [6.07, 6.45) is 3.49. The van der Waals surface area contributed by atoms with Crippen molar-refractivity contribution in [2.45, 2.75) is 37.6 Å². The highest BCUT2D eigenvalue weighted by molar-refractivity contribution is 7.60. The zero-order valence-electron chi connectivity index (χ0n) is 7.36. The Balaban J connectivity index is 1.84. The van der Waals surface area contributed by atoms with E-state index in [1.54, 1.807) is 0 Å². The normalized spacial score (nSPS) is 28.0. The van der Waals surface area contributed by atoms with Crippen molar-refractivity contribution < 1.29 is 17.9 Å². The van der Waals surface area contributed by atoms with E-state index in [2.05, 4.69) is 0 Å². The molecule has 0 aromatic rings. The summed E-state index contributed by atoms with van der Waals surface area (Å²) in [5.74, 6) is -0.340. The lowest BCUT2D eigenvalue weighted by Crippen LogP contribution is -2.37. The Bertz CT molecular complexity index is 181. The average molecular weight is 205 g/mol. The lowest BCUT2D eigenvalue weighted by molar-refractivity contribution is -0.185. The van der Waals surface area contributed by atoms with Gasteiger partial charge in [0.25, 0.3) is 0 Å². The first-order valence-electron chi connectivity index (χ1n) is 4.58. The maximum atomic E-state index is 10.1. The first-order valence-corrected chi connectivity index (χ1v) is 5.24. The molecule has 13 heavy (non-hydrogen) atoms. The fraction of sp³-hybridized carbons (Fsp3) is 1.00. The SMILES string of the molecule is O=[S+]OC1CCC2(CC1)OCCO2. The number of hydrogen-bond acceptors (Lipinski definition) is 4. The minimum Gasteiger partial charge on any atom is -0.348 e. The Morgan fingerprint density at radius 3 is 2.38 bits per heavy atom. The molecule has 0 amide bonds. The lowest BCUT2D eigenvalue weighted by Gasteiger charge is -2.32. The van der Waals surface area contributed by atoms with Gasteiger partial charge in [0.1, 0.15) is 6.10 Å². The van der Waals surface area contributed by atoms with E-state index in [4.69, 9.17) is 13.7 Å². The van der Waals surface area contributed by atoms with Gasteiger partial charge in [0.2, 0.25) is 0 Å². The van der Waals surface area contributed by atoms with Crippen molar-refractivity contribution in [1.82, 2.24) is 0 Å². The maximum Gasteiger partial charge on any atom is 0.693 e. The van der Waals surface area contributed by atoms with Crippen molar-refractivity contribution in [2.75, 3.05) is 13.2 Å². The minimum atomic E-state index is -0.340. The summed E-state index contributed by atoms with van der Waals surface area (Å²) in [6.45, 7) is 1.39. The molecule has 2 fully saturated rings. The van der Waals surface area contributed by atoms with Crippen molar-refractivity contribution in [1.29, 1.82) is 0 Å². The molecule has 74 valence electrons. The van der Waals surface area contributed by atoms with Crippen LogP contribution in [0, 0.1) is 0 Å². The van der Waals surface area contributed by atoms with E-state index in [9.17, 15) is 4.21 Å². The van der Waals surface area contributed by atoms with Crippen LogP contribution < -0.4 is 0 Å². The summed E-state index contributed by atoms with van der Waals surface area (Å²) in [5, 5.41) is 0. The fourth-order valence-electron chi connectivity index (χ4n) is 1.97. The number of hydrogen-bond donors (Lipinski definition) is 0. The van der Waals surface area contributed by atoms with Crippen LogP contribution in [-0.4, -0.2) is 25.1 Å². The monoisotopic (exact) mass is 205 g/mol. The standard InChI is InChI=1S/C8H13O4S/c9-13-12-7-1-3-8(4-2-7)10-5-6-11-8/h7H,1-6H2/q+1. The van der Waals surface area contributed by atoms with Crippen molar-refractivity contribution in [3.05, 3.63) is 0 Å². The first kappa shape index (κ1) is 9.45. The third-order valence-electron chi connectivity index (χ3n) is 2.68. The van der Waals surface area contributed by atoms with E-state index in [1.807, 2.05) is 0 Å². The van der Waals surface area contributed by atoms with Gasteiger partial charge in [-0.3, -0.25) is 0 Å². The minimum absolute atomic E-state index is 0.0842. The summed E-state index contributed by atoms with van der Waals surface area (Å²) < 4.78 is 26.2. The van der Waals surface area contributed by atoms with Crippen LogP contribution in [0.4, 0.5) is 0 Å². The smallest absolute Gasteiger partial charge is 0.348 e. The van der Waals surface area contributed by atoms with Gasteiger partial charge < -0.3 is 9.47 Å². The molecule has 0 aromatic heterocycles. The molecule has 0 radical (unpaired) electrons. The molecule has 1 saturated heterocycles. The summed E-state index contributed by atoms with van der Waals surface area (Å²) in [7, 11) is 0. The first-order chi connectivity index (χ1) is 6.35. The van der Waals surface area contributed by atoms with Crippen LogP contribution >= 0.6 is 0 Å². The Morgan fingerprint density at radius 2 is 1.85 bits per heavy atom. The fourth-order valence-corrected chi connectivity index (χ4v) is 2.27. The van der Waals surface area contributed by atoms with Gasteiger partial charge >= 0.3 is 11.9 Å². The molecule has 1 spiro atoms. The van der Waals surface area contributed by atoms with E-state index in [0.29, 0.717) is 13.2 Å². The van der Waals surface area contributed by atoms with E-state index >= 15 is 0 Å². The molecule has 0 atom stereocenters. The molecule has 1 saturated carbocycles. The van der Waals surface area contributed by atoms with Gasteiger partial charge in [0.15, 0.2) is 5.79 Å². The Morgan fingerprint density at radius 1 is 1.23 bits per heavy atom. The van der Waals surface area contributed by atoms with Crippen LogP contribution in [0.3, 0.4) is 0 Å². The Kier molecular flexibility index (Phi) is 2.88. The highest BCUT2D eigenvalue weighted by atomic mass is 32.2. The molecule has 4 nitrogen and oxygen atoms in total. The van der Waals surface area contributed by atoms with Crippen LogP contribution in [0.25, 0.3) is 0 Å². The summed E-state index contributed by atoms with van der Waals surface area (Å²) >= 11 is 0.207. The zero-order valence-corrected chi connectivity index (χ0v) is 8.18. The van der Waals surface area contributed by atoms with Crippen LogP contribution in [0.5, 0.6) is 0 Å². The molecule has 0 unspecified atom stereocenters. The maximum absolute atomic E-state index is 10.1. The second-order valence-electron chi connectivity index (χ2n) is 3.47. The van der Waals surface area contributed by atoms with Crippen molar-refractivity contribution in [3.63, 3.8) is 0 Å². The molecule has 1 aliphatic carbocycles. The quantitative estimate of drug-likeness (QED) is 0.499. The van der Waals surface area contributed by atoms with Gasteiger partial charge in [-0.1, -0.05) is 4.18 Å². The molecule has 1 aliphatic heterocycles. The molecule has 0 bridgehead atoms. The molecule has 0 aromatic carbocycles. The summed E-state index contributed by atoms with van der Waals surface area (Å²) in [6, 6.07) is 0. The predicted molar refractivity (Wildman–Crippen MR) is 46.0 cm³/mol. The molecular weight excluding hydrogens is 192 g/mol. The average Bonchev–Trinajstić information content (AvgIpc) is 2.59. The third kappa shape index (κ3) is 2.04. The van der Waals surface area contributed by atoms with E-state index in [-0.39, 0.29) is 23.8 Å². The topological polar surface area (TPSA) is 44.8 Å². The molecule has 1 heterocycles. The molecular formula is C8H13O4S+. The Hall–Kier alpha value is -0.100. The highest BCUT2D eigenvalue weighted by Gasteiger charge is 2.41. The predicted octanol–water partition coefficient (Wildman–Crippen LogP) is 1.03.